The summed E-state index contributed by atoms with van der Waals surface area (Å²) < 4.78 is 5.79. The quantitative estimate of drug-likeness (QED) is 0.817. The highest BCUT2D eigenvalue weighted by Gasteiger charge is 2.22. The van der Waals surface area contributed by atoms with Crippen molar-refractivity contribution >= 4 is 11.6 Å². The fourth-order valence-electron chi connectivity index (χ4n) is 1.89. The lowest BCUT2D eigenvalue weighted by atomic mass is 10.1. The van der Waals surface area contributed by atoms with Gasteiger partial charge in [0.1, 0.15) is 11.5 Å². The lowest BCUT2D eigenvalue weighted by Gasteiger charge is -2.04. The Kier molecular flexibility index (Phi) is 2.84. The van der Waals surface area contributed by atoms with Crippen LogP contribution in [0.4, 0.5) is 0 Å². The van der Waals surface area contributed by atoms with Crippen molar-refractivity contribution in [1.82, 2.24) is 5.32 Å². The van der Waals surface area contributed by atoms with Crippen molar-refractivity contribution in [2.75, 3.05) is 13.1 Å². The molecule has 1 unspecified atom stereocenters. The fraction of sp³-hybridized carbons (Fsp3) is 0.636. The molecule has 1 aliphatic heterocycles. The molecule has 0 aromatic carbocycles. The number of furan rings is 1. The second-order valence-electron chi connectivity index (χ2n) is 4.21. The van der Waals surface area contributed by atoms with E-state index >= 15 is 0 Å². The third-order valence-electron chi connectivity index (χ3n) is 2.72. The zero-order valence-electron chi connectivity index (χ0n) is 8.64. The molecule has 0 aliphatic carbocycles. The first kappa shape index (κ1) is 10.1. The number of hydrogen-bond acceptors (Lipinski definition) is 2. The minimum atomic E-state index is 0.366. The molecule has 0 spiro atoms. The summed E-state index contributed by atoms with van der Waals surface area (Å²) in [6, 6.07) is 1.98. The third-order valence-corrected chi connectivity index (χ3v) is 3.01. The Morgan fingerprint density at radius 2 is 2.36 bits per heavy atom. The number of rotatable bonds is 2. The van der Waals surface area contributed by atoms with Crippen LogP contribution in [0.5, 0.6) is 0 Å². The summed E-state index contributed by atoms with van der Waals surface area (Å²) >= 11 is 6.10. The molecule has 0 amide bonds. The van der Waals surface area contributed by atoms with Crippen molar-refractivity contribution in [1.29, 1.82) is 0 Å². The van der Waals surface area contributed by atoms with E-state index in [9.17, 15) is 0 Å². The van der Waals surface area contributed by atoms with E-state index in [1.165, 1.54) is 0 Å². The monoisotopic (exact) mass is 213 g/mol. The van der Waals surface area contributed by atoms with Crippen molar-refractivity contribution in [3.8, 4) is 0 Å². The van der Waals surface area contributed by atoms with Crippen LogP contribution in [0.3, 0.4) is 0 Å². The lowest BCUT2D eigenvalue weighted by molar-refractivity contribution is 0.424. The predicted molar refractivity (Wildman–Crippen MR) is 58.0 cm³/mol. The molecule has 1 aromatic rings. The molecule has 2 heterocycles. The van der Waals surface area contributed by atoms with Gasteiger partial charge in [-0.3, -0.25) is 0 Å². The number of hydrogen-bond donors (Lipinski definition) is 1. The molecule has 1 fully saturated rings. The summed E-state index contributed by atoms with van der Waals surface area (Å²) in [4.78, 5) is 0. The van der Waals surface area contributed by atoms with E-state index in [2.05, 4.69) is 19.2 Å². The van der Waals surface area contributed by atoms with Gasteiger partial charge in [-0.25, -0.2) is 0 Å². The maximum absolute atomic E-state index is 6.10. The Hall–Kier alpha value is -0.470. The SMILES string of the molecule is CC(C)c1oc(C2CCNC2)cc1Cl. The molecule has 1 saturated heterocycles. The highest BCUT2D eigenvalue weighted by atomic mass is 35.5. The molecule has 78 valence electrons. The summed E-state index contributed by atoms with van der Waals surface area (Å²) in [5.41, 5.74) is 0. The molecule has 0 bridgehead atoms. The van der Waals surface area contributed by atoms with Crippen LogP contribution in [0.25, 0.3) is 0 Å². The Labute approximate surface area is 89.6 Å². The van der Waals surface area contributed by atoms with Gasteiger partial charge in [-0.05, 0) is 19.0 Å². The zero-order valence-corrected chi connectivity index (χ0v) is 9.40. The first-order valence-electron chi connectivity index (χ1n) is 5.18. The summed E-state index contributed by atoms with van der Waals surface area (Å²) in [5, 5.41) is 4.11. The molecule has 3 heteroatoms. The Balaban J connectivity index is 2.22. The Morgan fingerprint density at radius 1 is 1.57 bits per heavy atom. The van der Waals surface area contributed by atoms with Crippen LogP contribution in [0.1, 0.15) is 43.6 Å². The predicted octanol–water partition coefficient (Wildman–Crippen LogP) is 3.13. The van der Waals surface area contributed by atoms with Gasteiger partial charge in [0.15, 0.2) is 0 Å². The van der Waals surface area contributed by atoms with Crippen LogP contribution in [-0.2, 0) is 0 Å². The minimum absolute atomic E-state index is 0.366. The van der Waals surface area contributed by atoms with Crippen LogP contribution >= 0.6 is 11.6 Å². The topological polar surface area (TPSA) is 25.2 Å². The number of nitrogens with one attached hydrogen (secondary N) is 1. The van der Waals surface area contributed by atoms with Crippen molar-refractivity contribution in [2.24, 2.45) is 0 Å². The van der Waals surface area contributed by atoms with Crippen LogP contribution < -0.4 is 5.32 Å². The molecule has 0 radical (unpaired) electrons. The van der Waals surface area contributed by atoms with Crippen LogP contribution in [0.15, 0.2) is 10.5 Å². The fourth-order valence-corrected chi connectivity index (χ4v) is 2.26. The summed E-state index contributed by atoms with van der Waals surface area (Å²) in [6.45, 7) is 6.30. The van der Waals surface area contributed by atoms with Crippen LogP contribution in [0.2, 0.25) is 5.02 Å². The Bertz CT molecular complexity index is 313. The first-order valence-corrected chi connectivity index (χ1v) is 5.56. The average molecular weight is 214 g/mol. The number of halogens is 1. The largest absolute Gasteiger partial charge is 0.464 e. The molecule has 14 heavy (non-hydrogen) atoms. The summed E-state index contributed by atoms with van der Waals surface area (Å²) in [5.74, 6) is 2.85. The smallest absolute Gasteiger partial charge is 0.125 e. The van der Waals surface area contributed by atoms with Crippen molar-refractivity contribution in [3.63, 3.8) is 0 Å². The lowest BCUT2D eigenvalue weighted by Crippen LogP contribution is -2.07. The van der Waals surface area contributed by atoms with Crippen LogP contribution in [-0.4, -0.2) is 13.1 Å². The van der Waals surface area contributed by atoms with Gasteiger partial charge in [0, 0.05) is 18.4 Å². The molecular formula is C11H16ClNO. The molecule has 1 aromatic heterocycles. The van der Waals surface area contributed by atoms with Gasteiger partial charge < -0.3 is 9.73 Å². The zero-order chi connectivity index (χ0) is 10.1. The molecule has 1 atom stereocenters. The van der Waals surface area contributed by atoms with Gasteiger partial charge in [-0.2, -0.15) is 0 Å². The van der Waals surface area contributed by atoms with E-state index in [4.69, 9.17) is 16.0 Å². The minimum Gasteiger partial charge on any atom is -0.464 e. The molecule has 2 rings (SSSR count). The van der Waals surface area contributed by atoms with Gasteiger partial charge >= 0.3 is 0 Å². The standard InChI is InChI=1S/C11H16ClNO/c1-7(2)11-9(12)5-10(14-11)8-3-4-13-6-8/h5,7-8,13H,3-4,6H2,1-2H3. The highest BCUT2D eigenvalue weighted by Crippen LogP contribution is 2.33. The van der Waals surface area contributed by atoms with E-state index in [1.54, 1.807) is 0 Å². The van der Waals surface area contributed by atoms with E-state index in [-0.39, 0.29) is 0 Å². The Morgan fingerprint density at radius 3 is 2.86 bits per heavy atom. The second-order valence-corrected chi connectivity index (χ2v) is 4.61. The van der Waals surface area contributed by atoms with Crippen LogP contribution in [0, 0.1) is 0 Å². The maximum atomic E-state index is 6.10. The molecule has 1 N–H and O–H groups in total. The normalized spacial score (nSPS) is 22.1. The third kappa shape index (κ3) is 1.82. The first-order chi connectivity index (χ1) is 6.68. The van der Waals surface area contributed by atoms with Gasteiger partial charge in [0.25, 0.3) is 0 Å². The molecule has 1 aliphatic rings. The molecular weight excluding hydrogens is 198 g/mol. The van der Waals surface area contributed by atoms with E-state index in [0.717, 1.165) is 36.1 Å². The average Bonchev–Trinajstić information content (AvgIpc) is 2.70. The van der Waals surface area contributed by atoms with E-state index < -0.39 is 0 Å². The van der Waals surface area contributed by atoms with Crippen molar-refractivity contribution < 1.29 is 4.42 Å². The van der Waals surface area contributed by atoms with Gasteiger partial charge in [0.2, 0.25) is 0 Å². The van der Waals surface area contributed by atoms with E-state index in [0.29, 0.717) is 11.8 Å². The maximum Gasteiger partial charge on any atom is 0.125 e. The second kappa shape index (κ2) is 3.95. The summed E-state index contributed by atoms with van der Waals surface area (Å²) in [7, 11) is 0. The van der Waals surface area contributed by atoms with E-state index in [1.807, 2.05) is 6.07 Å². The van der Waals surface area contributed by atoms with Gasteiger partial charge in [-0.1, -0.05) is 25.4 Å². The van der Waals surface area contributed by atoms with Crippen molar-refractivity contribution in [3.05, 3.63) is 22.6 Å². The molecule has 0 saturated carbocycles. The van der Waals surface area contributed by atoms with Crippen molar-refractivity contribution in [2.45, 2.75) is 32.1 Å². The molecule has 2 nitrogen and oxygen atoms in total. The van der Waals surface area contributed by atoms with Gasteiger partial charge in [-0.15, -0.1) is 0 Å². The van der Waals surface area contributed by atoms with Gasteiger partial charge in [0.05, 0.1) is 5.02 Å². The highest BCUT2D eigenvalue weighted by molar-refractivity contribution is 6.31. The summed E-state index contributed by atoms with van der Waals surface area (Å²) in [6.07, 6.45) is 1.15.